The molecule has 0 atom stereocenters. The monoisotopic (exact) mass is 423 g/mol. The molecule has 2 aromatic carbocycles. The predicted molar refractivity (Wildman–Crippen MR) is 101 cm³/mol. The van der Waals surface area contributed by atoms with E-state index in [1.165, 1.54) is 36.4 Å². The van der Waals surface area contributed by atoms with Gasteiger partial charge < -0.3 is 5.32 Å². The van der Waals surface area contributed by atoms with Crippen LogP contribution in [0.4, 0.5) is 18.9 Å². The number of alkyl halides is 3. The normalized spacial score (nSPS) is 12.0. The standard InChI is InChI=1S/C19H16F3N3O3S/c1-12-4-3-5-14(10-12)25-17(19(20,21)22)16(11-23-25)18(26)24-13-6-8-15(9-7-13)29(2,27)28/h3-11H,1-2H3,(H,24,26). The highest BCUT2D eigenvalue weighted by molar-refractivity contribution is 7.90. The number of rotatable bonds is 4. The van der Waals surface area contributed by atoms with Gasteiger partial charge in [-0.2, -0.15) is 18.3 Å². The van der Waals surface area contributed by atoms with Gasteiger partial charge in [-0.15, -0.1) is 0 Å². The zero-order valence-corrected chi connectivity index (χ0v) is 16.2. The molecular formula is C19H16F3N3O3S. The number of aryl methyl sites for hydroxylation is 1. The number of anilines is 1. The maximum atomic E-state index is 13.7. The Morgan fingerprint density at radius 1 is 1.10 bits per heavy atom. The van der Waals surface area contributed by atoms with Crippen LogP contribution in [0.3, 0.4) is 0 Å². The number of aromatic nitrogens is 2. The van der Waals surface area contributed by atoms with Gasteiger partial charge in [0.1, 0.15) is 0 Å². The molecule has 6 nitrogen and oxygen atoms in total. The highest BCUT2D eigenvalue weighted by atomic mass is 32.2. The lowest BCUT2D eigenvalue weighted by Crippen LogP contribution is -2.20. The van der Waals surface area contributed by atoms with Crippen LogP contribution in [0, 0.1) is 6.92 Å². The zero-order valence-electron chi connectivity index (χ0n) is 15.4. The van der Waals surface area contributed by atoms with Crippen molar-refractivity contribution in [1.82, 2.24) is 9.78 Å². The fourth-order valence-corrected chi connectivity index (χ4v) is 3.36. The van der Waals surface area contributed by atoms with Crippen molar-refractivity contribution in [3.63, 3.8) is 0 Å². The number of hydrogen-bond donors (Lipinski definition) is 1. The highest BCUT2D eigenvalue weighted by Gasteiger charge is 2.40. The van der Waals surface area contributed by atoms with Gasteiger partial charge in [-0.3, -0.25) is 4.79 Å². The minimum absolute atomic E-state index is 0.0266. The fraction of sp³-hybridized carbons (Fsp3) is 0.158. The summed E-state index contributed by atoms with van der Waals surface area (Å²) in [7, 11) is -3.43. The SMILES string of the molecule is Cc1cccc(-n2ncc(C(=O)Nc3ccc(S(C)(=O)=O)cc3)c2C(F)(F)F)c1. The Morgan fingerprint density at radius 3 is 2.31 bits per heavy atom. The van der Waals surface area contributed by atoms with Crippen molar-refractivity contribution in [2.45, 2.75) is 18.0 Å². The Balaban J connectivity index is 1.97. The fourth-order valence-electron chi connectivity index (χ4n) is 2.73. The van der Waals surface area contributed by atoms with E-state index in [0.29, 0.717) is 4.68 Å². The lowest BCUT2D eigenvalue weighted by Gasteiger charge is -2.13. The number of nitrogens with one attached hydrogen (secondary N) is 1. The van der Waals surface area contributed by atoms with Crippen LogP contribution >= 0.6 is 0 Å². The average molecular weight is 423 g/mol. The third-order valence-electron chi connectivity index (χ3n) is 4.07. The summed E-state index contributed by atoms with van der Waals surface area (Å²) in [5.74, 6) is -1.01. The lowest BCUT2D eigenvalue weighted by molar-refractivity contribution is -0.143. The highest BCUT2D eigenvalue weighted by Crippen LogP contribution is 2.34. The maximum Gasteiger partial charge on any atom is 0.434 e. The van der Waals surface area contributed by atoms with Gasteiger partial charge in [0, 0.05) is 11.9 Å². The molecule has 0 aliphatic rings. The Bertz CT molecular complexity index is 1170. The van der Waals surface area contributed by atoms with E-state index >= 15 is 0 Å². The molecule has 29 heavy (non-hydrogen) atoms. The summed E-state index contributed by atoms with van der Waals surface area (Å²) in [6.45, 7) is 1.73. The summed E-state index contributed by atoms with van der Waals surface area (Å²) in [6, 6.07) is 11.4. The largest absolute Gasteiger partial charge is 0.434 e. The molecule has 0 unspecified atom stereocenters. The van der Waals surface area contributed by atoms with Crippen LogP contribution in [0.2, 0.25) is 0 Å². The van der Waals surface area contributed by atoms with Crippen LogP contribution in [0.5, 0.6) is 0 Å². The van der Waals surface area contributed by atoms with E-state index in [9.17, 15) is 26.4 Å². The zero-order chi connectivity index (χ0) is 21.4. The van der Waals surface area contributed by atoms with Crippen molar-refractivity contribution in [2.75, 3.05) is 11.6 Å². The summed E-state index contributed by atoms with van der Waals surface area (Å²) in [5, 5.41) is 6.10. The van der Waals surface area contributed by atoms with Crippen molar-refractivity contribution in [3.05, 3.63) is 71.5 Å². The second-order valence-electron chi connectivity index (χ2n) is 6.41. The van der Waals surface area contributed by atoms with E-state index in [4.69, 9.17) is 0 Å². The van der Waals surface area contributed by atoms with Crippen LogP contribution in [-0.2, 0) is 16.0 Å². The van der Waals surface area contributed by atoms with Crippen molar-refractivity contribution < 1.29 is 26.4 Å². The Morgan fingerprint density at radius 2 is 1.76 bits per heavy atom. The number of carbonyl (C=O) groups is 1. The molecule has 0 aliphatic carbocycles. The van der Waals surface area contributed by atoms with Crippen molar-refractivity contribution in [3.8, 4) is 5.69 Å². The maximum absolute atomic E-state index is 13.7. The molecule has 1 heterocycles. The van der Waals surface area contributed by atoms with Gasteiger partial charge >= 0.3 is 6.18 Å². The number of carbonyl (C=O) groups excluding carboxylic acids is 1. The number of amides is 1. The van der Waals surface area contributed by atoms with Gasteiger partial charge in [-0.05, 0) is 48.9 Å². The quantitative estimate of drug-likeness (QED) is 0.691. The van der Waals surface area contributed by atoms with Crippen LogP contribution in [0.15, 0.2) is 59.6 Å². The van der Waals surface area contributed by atoms with Gasteiger partial charge in [0.15, 0.2) is 15.5 Å². The first-order valence-corrected chi connectivity index (χ1v) is 10.2. The molecule has 0 saturated carbocycles. The minimum atomic E-state index is -4.83. The molecule has 0 aliphatic heterocycles. The van der Waals surface area contributed by atoms with Gasteiger partial charge in [0.05, 0.1) is 22.3 Å². The second-order valence-corrected chi connectivity index (χ2v) is 8.42. The molecule has 152 valence electrons. The summed E-state index contributed by atoms with van der Waals surface area (Å²) in [4.78, 5) is 12.5. The first-order valence-electron chi connectivity index (χ1n) is 8.30. The molecule has 0 radical (unpaired) electrons. The molecule has 1 N–H and O–H groups in total. The molecule has 1 amide bonds. The van der Waals surface area contributed by atoms with Gasteiger partial charge in [0.2, 0.25) is 0 Å². The minimum Gasteiger partial charge on any atom is -0.322 e. The first-order chi connectivity index (χ1) is 13.5. The first kappa shape index (κ1) is 20.6. The van der Waals surface area contributed by atoms with Gasteiger partial charge in [0.25, 0.3) is 5.91 Å². The van der Waals surface area contributed by atoms with Crippen LogP contribution in [-0.4, -0.2) is 30.4 Å². The van der Waals surface area contributed by atoms with E-state index in [0.717, 1.165) is 18.0 Å². The molecule has 0 fully saturated rings. The number of nitrogens with zero attached hydrogens (tertiary/aromatic N) is 2. The lowest BCUT2D eigenvalue weighted by atomic mass is 10.2. The smallest absolute Gasteiger partial charge is 0.322 e. The van der Waals surface area contributed by atoms with E-state index in [1.54, 1.807) is 19.1 Å². The molecule has 3 aromatic rings. The van der Waals surface area contributed by atoms with E-state index in [2.05, 4.69) is 10.4 Å². The van der Waals surface area contributed by atoms with Gasteiger partial charge in [-0.25, -0.2) is 13.1 Å². The summed E-state index contributed by atoms with van der Waals surface area (Å²) >= 11 is 0. The molecule has 1 aromatic heterocycles. The molecule has 3 rings (SSSR count). The Hall–Kier alpha value is -3.14. The number of hydrogen-bond acceptors (Lipinski definition) is 4. The van der Waals surface area contributed by atoms with Crippen molar-refractivity contribution in [1.29, 1.82) is 0 Å². The van der Waals surface area contributed by atoms with Gasteiger partial charge in [-0.1, -0.05) is 12.1 Å². The average Bonchev–Trinajstić information content (AvgIpc) is 3.07. The number of halogens is 3. The summed E-state index contributed by atoms with van der Waals surface area (Å²) < 4.78 is 64.7. The summed E-state index contributed by atoms with van der Waals surface area (Å²) in [5.41, 5.74) is -0.782. The molecule has 0 spiro atoms. The predicted octanol–water partition coefficient (Wildman–Crippen LogP) is 3.86. The topological polar surface area (TPSA) is 81.1 Å². The van der Waals surface area contributed by atoms with Crippen LogP contribution in [0.25, 0.3) is 5.69 Å². The second kappa shape index (κ2) is 7.36. The van der Waals surface area contributed by atoms with Crippen LogP contribution < -0.4 is 5.32 Å². The molecule has 0 saturated heterocycles. The molecule has 0 bridgehead atoms. The van der Waals surface area contributed by atoms with Crippen molar-refractivity contribution >= 4 is 21.4 Å². The van der Waals surface area contributed by atoms with E-state index in [1.807, 2.05) is 0 Å². The number of sulfone groups is 1. The Labute approximate surface area is 164 Å². The molecular weight excluding hydrogens is 407 g/mol. The number of benzene rings is 2. The third kappa shape index (κ3) is 4.48. The summed E-state index contributed by atoms with van der Waals surface area (Å²) in [6.07, 6.45) is -2.95. The Kier molecular flexibility index (Phi) is 5.22. The molecule has 10 heteroatoms. The van der Waals surface area contributed by atoms with E-state index < -0.39 is 33.2 Å². The van der Waals surface area contributed by atoms with Crippen molar-refractivity contribution in [2.24, 2.45) is 0 Å². The third-order valence-corrected chi connectivity index (χ3v) is 5.20. The van der Waals surface area contributed by atoms with Crippen LogP contribution in [0.1, 0.15) is 21.6 Å². The van der Waals surface area contributed by atoms with E-state index in [-0.39, 0.29) is 16.3 Å².